The Hall–Kier alpha value is -3.64. The summed E-state index contributed by atoms with van der Waals surface area (Å²) in [5, 5.41) is 2.62. The first-order valence-electron chi connectivity index (χ1n) is 11.8. The average molecular weight is 473 g/mol. The Kier molecular flexibility index (Phi) is 7.51. The van der Waals surface area contributed by atoms with Gasteiger partial charge >= 0.3 is 0 Å². The number of nitrogens with one attached hydrogen (secondary N) is 1. The number of carbonyl (C=O) groups excluding carboxylic acids is 3. The van der Waals surface area contributed by atoms with Gasteiger partial charge in [0.25, 0.3) is 0 Å². The highest BCUT2D eigenvalue weighted by Crippen LogP contribution is 2.42. The van der Waals surface area contributed by atoms with Crippen molar-refractivity contribution in [2.45, 2.75) is 12.8 Å². The molecule has 2 atom stereocenters. The molecule has 2 unspecified atom stereocenters. The lowest BCUT2D eigenvalue weighted by molar-refractivity contribution is -0.122. The Labute approximate surface area is 205 Å². The van der Waals surface area contributed by atoms with Crippen LogP contribution in [0.4, 0.5) is 4.39 Å². The van der Waals surface area contributed by atoms with E-state index in [0.29, 0.717) is 35.3 Å². The van der Waals surface area contributed by atoms with E-state index in [9.17, 15) is 18.8 Å². The van der Waals surface area contributed by atoms with E-state index in [0.717, 1.165) is 0 Å². The quantitative estimate of drug-likeness (QED) is 0.522. The molecule has 3 aromatic carbocycles. The van der Waals surface area contributed by atoms with Crippen LogP contribution in [-0.4, -0.2) is 49.1 Å². The van der Waals surface area contributed by atoms with Gasteiger partial charge in [-0.15, -0.1) is 0 Å². The lowest BCUT2D eigenvalue weighted by Gasteiger charge is -2.43. The van der Waals surface area contributed by atoms with Gasteiger partial charge < -0.3 is 5.32 Å². The number of carbonyl (C=O) groups is 3. The zero-order chi connectivity index (χ0) is 24.9. The van der Waals surface area contributed by atoms with Crippen molar-refractivity contribution in [1.82, 2.24) is 10.2 Å². The molecule has 6 heteroatoms. The first-order valence-corrected chi connectivity index (χ1v) is 11.8. The minimum absolute atomic E-state index is 0.0719. The first kappa shape index (κ1) is 24.5. The van der Waals surface area contributed by atoms with Gasteiger partial charge in [0.05, 0.1) is 6.54 Å². The minimum atomic E-state index is -0.631. The molecule has 0 aromatic heterocycles. The van der Waals surface area contributed by atoms with Gasteiger partial charge in [-0.25, -0.2) is 4.39 Å². The summed E-state index contributed by atoms with van der Waals surface area (Å²) in [4.78, 5) is 41.8. The normalized spacial score (nSPS) is 20.3. The second-order valence-corrected chi connectivity index (χ2v) is 9.02. The third-order valence-electron chi connectivity index (χ3n) is 6.88. The molecule has 0 aliphatic carbocycles. The fourth-order valence-electron chi connectivity index (χ4n) is 5.09. The van der Waals surface area contributed by atoms with Gasteiger partial charge in [-0.3, -0.25) is 19.3 Å². The van der Waals surface area contributed by atoms with Gasteiger partial charge in [0.2, 0.25) is 5.91 Å². The summed E-state index contributed by atoms with van der Waals surface area (Å²) in [6.45, 7) is 2.35. The molecule has 35 heavy (non-hydrogen) atoms. The molecule has 180 valence electrons. The fraction of sp³-hybridized carbons (Fsp3) is 0.276. The molecule has 1 saturated heterocycles. The summed E-state index contributed by atoms with van der Waals surface area (Å²) in [7, 11) is 1.56. The molecule has 1 amide bonds. The van der Waals surface area contributed by atoms with Crippen molar-refractivity contribution in [3.63, 3.8) is 0 Å². The van der Waals surface area contributed by atoms with Gasteiger partial charge in [-0.1, -0.05) is 72.8 Å². The Bertz CT molecular complexity index is 1150. The van der Waals surface area contributed by atoms with Crippen molar-refractivity contribution in [2.24, 2.45) is 11.8 Å². The maximum Gasteiger partial charge on any atom is 0.233 e. The number of benzene rings is 3. The second-order valence-electron chi connectivity index (χ2n) is 9.02. The summed E-state index contributed by atoms with van der Waals surface area (Å²) >= 11 is 0. The highest BCUT2D eigenvalue weighted by Gasteiger charge is 2.45. The fourth-order valence-corrected chi connectivity index (χ4v) is 5.09. The molecule has 0 saturated carbocycles. The van der Waals surface area contributed by atoms with E-state index in [4.69, 9.17) is 0 Å². The third-order valence-corrected chi connectivity index (χ3v) is 6.88. The zero-order valence-electron chi connectivity index (χ0n) is 19.9. The summed E-state index contributed by atoms with van der Waals surface area (Å²) in [6, 6.07) is 22.7. The third kappa shape index (κ3) is 5.23. The monoisotopic (exact) mass is 472 g/mol. The number of rotatable bonds is 7. The van der Waals surface area contributed by atoms with Crippen molar-refractivity contribution in [1.29, 1.82) is 0 Å². The minimum Gasteiger partial charge on any atom is -0.358 e. The molecule has 5 nitrogen and oxygen atoms in total. The molecular weight excluding hydrogens is 443 g/mol. The summed E-state index contributed by atoms with van der Waals surface area (Å²) in [6.07, 6.45) is 0. The van der Waals surface area contributed by atoms with Crippen molar-refractivity contribution in [2.75, 3.05) is 26.7 Å². The average Bonchev–Trinajstić information content (AvgIpc) is 2.90. The molecule has 0 spiro atoms. The molecule has 0 bridgehead atoms. The molecule has 1 heterocycles. The van der Waals surface area contributed by atoms with Crippen LogP contribution in [0.5, 0.6) is 0 Å². The molecule has 3 aromatic rings. The van der Waals surface area contributed by atoms with Crippen LogP contribution in [0.25, 0.3) is 0 Å². The lowest BCUT2D eigenvalue weighted by Crippen LogP contribution is -2.52. The van der Waals surface area contributed by atoms with Crippen molar-refractivity contribution >= 4 is 17.5 Å². The van der Waals surface area contributed by atoms with E-state index in [2.05, 4.69) is 5.32 Å². The second kappa shape index (κ2) is 10.7. The van der Waals surface area contributed by atoms with E-state index in [1.807, 2.05) is 23.1 Å². The number of halogens is 1. The van der Waals surface area contributed by atoms with Crippen molar-refractivity contribution in [3.8, 4) is 0 Å². The summed E-state index contributed by atoms with van der Waals surface area (Å²) in [5.74, 6) is -2.59. The maximum absolute atomic E-state index is 14.7. The van der Waals surface area contributed by atoms with E-state index in [-0.39, 0.29) is 29.8 Å². The standard InChI is InChI=1S/C29H29FN2O3/c1-19-22(14-9-15-25(19)30)27-23(28(34)20-10-5-3-6-11-20)16-32(18-26(33)31-2)17-24(27)29(35)21-12-7-4-8-13-21/h3-15,23-24,27H,16-18H2,1-2H3,(H,31,33). The predicted octanol–water partition coefficient (Wildman–Crippen LogP) is 4.28. The SMILES string of the molecule is CNC(=O)CN1CC(C(=O)c2ccccc2)C(c2cccc(F)c2C)C(C(=O)c2ccccc2)C1. The zero-order valence-corrected chi connectivity index (χ0v) is 19.9. The smallest absolute Gasteiger partial charge is 0.233 e. The first-order chi connectivity index (χ1) is 16.9. The van der Waals surface area contributed by atoms with Gasteiger partial charge in [-0.05, 0) is 24.1 Å². The van der Waals surface area contributed by atoms with Gasteiger partial charge in [-0.2, -0.15) is 0 Å². The lowest BCUT2D eigenvalue weighted by atomic mass is 9.68. The van der Waals surface area contributed by atoms with Crippen LogP contribution < -0.4 is 5.32 Å². The van der Waals surface area contributed by atoms with Crippen LogP contribution in [0.2, 0.25) is 0 Å². The Morgan fingerprint density at radius 2 is 1.34 bits per heavy atom. The number of likely N-dealkylation sites (tertiary alicyclic amines) is 1. The number of hydrogen-bond donors (Lipinski definition) is 1. The summed E-state index contributed by atoms with van der Waals surface area (Å²) < 4.78 is 14.7. The molecule has 1 N–H and O–H groups in total. The van der Waals surface area contributed by atoms with E-state index in [1.165, 1.54) is 6.07 Å². The van der Waals surface area contributed by atoms with Gasteiger partial charge in [0.1, 0.15) is 5.82 Å². The van der Waals surface area contributed by atoms with Crippen LogP contribution in [0.3, 0.4) is 0 Å². The number of ketones is 2. The molecular formula is C29H29FN2O3. The van der Waals surface area contributed by atoms with Crippen LogP contribution in [-0.2, 0) is 4.79 Å². The van der Waals surface area contributed by atoms with E-state index < -0.39 is 17.8 Å². The number of piperidine rings is 1. The van der Waals surface area contributed by atoms with Crippen LogP contribution in [0.1, 0.15) is 37.8 Å². The maximum atomic E-state index is 14.7. The highest BCUT2D eigenvalue weighted by molar-refractivity contribution is 6.02. The van der Waals surface area contributed by atoms with Gasteiger partial charge in [0.15, 0.2) is 11.6 Å². The van der Waals surface area contributed by atoms with Crippen LogP contribution in [0.15, 0.2) is 78.9 Å². The molecule has 4 rings (SSSR count). The highest BCUT2D eigenvalue weighted by atomic mass is 19.1. The number of hydrogen-bond acceptors (Lipinski definition) is 4. The molecule has 1 fully saturated rings. The number of nitrogens with zero attached hydrogens (tertiary/aromatic N) is 1. The molecule has 1 aliphatic heterocycles. The van der Waals surface area contributed by atoms with Gasteiger partial charge in [0, 0.05) is 49.0 Å². The number of amides is 1. The molecule has 1 aliphatic rings. The van der Waals surface area contributed by atoms with E-state index in [1.54, 1.807) is 68.6 Å². The van der Waals surface area contributed by atoms with E-state index >= 15 is 0 Å². The molecule has 0 radical (unpaired) electrons. The summed E-state index contributed by atoms with van der Waals surface area (Å²) in [5.41, 5.74) is 2.16. The Balaban J connectivity index is 1.85. The predicted molar refractivity (Wildman–Crippen MR) is 133 cm³/mol. The number of Topliss-reactive ketones (excluding diaryl/α,β-unsaturated/α-hetero) is 2. The number of likely N-dealkylation sites (N-methyl/N-ethyl adjacent to an activating group) is 1. The topological polar surface area (TPSA) is 66.5 Å². The Morgan fingerprint density at radius 3 is 1.83 bits per heavy atom. The van der Waals surface area contributed by atoms with Crippen LogP contribution >= 0.6 is 0 Å². The van der Waals surface area contributed by atoms with Crippen LogP contribution in [0, 0.1) is 24.6 Å². The van der Waals surface area contributed by atoms with Crippen molar-refractivity contribution in [3.05, 3.63) is 107 Å². The van der Waals surface area contributed by atoms with Crippen molar-refractivity contribution < 1.29 is 18.8 Å². The largest absolute Gasteiger partial charge is 0.358 e. The Morgan fingerprint density at radius 1 is 0.829 bits per heavy atom.